The number of hydrogen-bond donors (Lipinski definition) is 3. The molecule has 0 aliphatic heterocycles. The Labute approximate surface area is 112 Å². The summed E-state index contributed by atoms with van der Waals surface area (Å²) >= 11 is 5.79. The minimum atomic E-state index is -1.02. The number of aliphatic hydroxyl groups is 1. The Morgan fingerprint density at radius 1 is 1.44 bits per heavy atom. The summed E-state index contributed by atoms with van der Waals surface area (Å²) in [5, 5.41) is 21.7. The van der Waals surface area contributed by atoms with Crippen LogP contribution in [0, 0.1) is 5.92 Å². The van der Waals surface area contributed by atoms with E-state index in [0.717, 1.165) is 0 Å². The molecule has 0 spiro atoms. The molecule has 1 unspecified atom stereocenters. The number of benzene rings is 1. The Hall–Kier alpha value is -1.26. The topological polar surface area (TPSA) is 69.6 Å². The Kier molecular flexibility index (Phi) is 5.44. The highest BCUT2D eigenvalue weighted by molar-refractivity contribution is 6.31. The highest BCUT2D eigenvalue weighted by Gasteiger charge is 2.17. The lowest BCUT2D eigenvalue weighted by Crippen LogP contribution is -2.27. The van der Waals surface area contributed by atoms with Crippen molar-refractivity contribution in [3.63, 3.8) is 0 Å². The minimum Gasteiger partial charge on any atom is -0.478 e. The number of aromatic carboxylic acids is 1. The predicted molar refractivity (Wildman–Crippen MR) is 72.4 cm³/mol. The number of rotatable bonds is 6. The van der Waals surface area contributed by atoms with Gasteiger partial charge < -0.3 is 15.5 Å². The van der Waals surface area contributed by atoms with Crippen molar-refractivity contribution in [1.29, 1.82) is 0 Å². The van der Waals surface area contributed by atoms with Gasteiger partial charge in [-0.3, -0.25) is 0 Å². The lowest BCUT2D eigenvalue weighted by Gasteiger charge is -2.23. The van der Waals surface area contributed by atoms with E-state index in [4.69, 9.17) is 21.8 Å². The Morgan fingerprint density at radius 2 is 2.11 bits per heavy atom. The maximum atomic E-state index is 11.1. The van der Waals surface area contributed by atoms with Crippen molar-refractivity contribution in [2.24, 2.45) is 5.92 Å². The zero-order valence-electron chi connectivity index (χ0n) is 10.5. The molecule has 0 aliphatic rings. The van der Waals surface area contributed by atoms with Crippen LogP contribution in [0.3, 0.4) is 0 Å². The maximum absolute atomic E-state index is 11.1. The zero-order valence-corrected chi connectivity index (χ0v) is 11.2. The van der Waals surface area contributed by atoms with Crippen LogP contribution in [-0.2, 0) is 0 Å². The minimum absolute atomic E-state index is 0.0225. The van der Waals surface area contributed by atoms with Gasteiger partial charge in [-0.2, -0.15) is 0 Å². The smallest absolute Gasteiger partial charge is 0.337 e. The second kappa shape index (κ2) is 6.61. The lowest BCUT2D eigenvalue weighted by molar-refractivity contribution is 0.0698. The van der Waals surface area contributed by atoms with Crippen LogP contribution in [0.15, 0.2) is 18.2 Å². The second-order valence-electron chi connectivity index (χ2n) is 4.50. The van der Waals surface area contributed by atoms with Crippen LogP contribution >= 0.6 is 11.6 Å². The van der Waals surface area contributed by atoms with Gasteiger partial charge in [0.15, 0.2) is 0 Å². The third-order valence-corrected chi connectivity index (χ3v) is 3.03. The first-order valence-electron chi connectivity index (χ1n) is 5.86. The quantitative estimate of drug-likeness (QED) is 0.744. The molecule has 0 bridgehead atoms. The molecule has 0 heterocycles. The largest absolute Gasteiger partial charge is 0.478 e. The summed E-state index contributed by atoms with van der Waals surface area (Å²) < 4.78 is 0. The molecule has 18 heavy (non-hydrogen) atoms. The van der Waals surface area contributed by atoms with Gasteiger partial charge in [0.2, 0.25) is 0 Å². The van der Waals surface area contributed by atoms with Crippen molar-refractivity contribution < 1.29 is 15.0 Å². The monoisotopic (exact) mass is 271 g/mol. The summed E-state index contributed by atoms with van der Waals surface area (Å²) in [4.78, 5) is 11.1. The fourth-order valence-electron chi connectivity index (χ4n) is 1.73. The number of carbonyl (C=O) groups is 1. The van der Waals surface area contributed by atoms with Gasteiger partial charge in [-0.25, -0.2) is 4.79 Å². The third-order valence-electron chi connectivity index (χ3n) is 2.80. The number of anilines is 1. The van der Waals surface area contributed by atoms with Gasteiger partial charge in [0.25, 0.3) is 0 Å². The molecule has 1 aromatic rings. The van der Waals surface area contributed by atoms with Crippen LogP contribution in [-0.4, -0.2) is 28.8 Å². The molecule has 0 amide bonds. The fourth-order valence-corrected chi connectivity index (χ4v) is 1.90. The predicted octanol–water partition coefficient (Wildman–Crippen LogP) is 2.86. The van der Waals surface area contributed by atoms with E-state index in [2.05, 4.69) is 5.32 Å². The Balaban J connectivity index is 2.98. The summed E-state index contributed by atoms with van der Waals surface area (Å²) in [5.74, 6) is -0.735. The fraction of sp³-hybridized carbons (Fsp3) is 0.462. The van der Waals surface area contributed by atoms with Gasteiger partial charge in [-0.1, -0.05) is 25.4 Å². The van der Waals surface area contributed by atoms with E-state index >= 15 is 0 Å². The van der Waals surface area contributed by atoms with E-state index in [9.17, 15) is 4.79 Å². The van der Waals surface area contributed by atoms with Crippen molar-refractivity contribution in [3.8, 4) is 0 Å². The van der Waals surface area contributed by atoms with Gasteiger partial charge in [-0.05, 0) is 30.5 Å². The van der Waals surface area contributed by atoms with Crippen LogP contribution in [0.5, 0.6) is 0 Å². The van der Waals surface area contributed by atoms with Crippen molar-refractivity contribution in [2.45, 2.75) is 26.3 Å². The highest BCUT2D eigenvalue weighted by Crippen LogP contribution is 2.23. The number of hydrogen-bond acceptors (Lipinski definition) is 3. The molecule has 0 saturated carbocycles. The third kappa shape index (κ3) is 3.89. The number of aliphatic hydroxyl groups excluding tert-OH is 1. The molecule has 0 radical (unpaired) electrons. The molecular weight excluding hydrogens is 254 g/mol. The molecule has 1 rings (SSSR count). The number of halogens is 1. The number of nitrogens with one attached hydrogen (secondary N) is 1. The molecule has 100 valence electrons. The average Bonchev–Trinajstić information content (AvgIpc) is 2.30. The molecule has 3 N–H and O–H groups in total. The van der Waals surface area contributed by atoms with Gasteiger partial charge in [0.1, 0.15) is 0 Å². The first kappa shape index (κ1) is 14.8. The summed E-state index contributed by atoms with van der Waals surface area (Å²) in [6.07, 6.45) is 0.569. The molecule has 0 aliphatic carbocycles. The highest BCUT2D eigenvalue weighted by atomic mass is 35.5. The van der Waals surface area contributed by atoms with Crippen LogP contribution in [0.1, 0.15) is 30.6 Å². The van der Waals surface area contributed by atoms with Gasteiger partial charge in [0.05, 0.1) is 5.56 Å². The lowest BCUT2D eigenvalue weighted by atomic mass is 10.0. The van der Waals surface area contributed by atoms with Crippen molar-refractivity contribution in [2.75, 3.05) is 11.9 Å². The van der Waals surface area contributed by atoms with Crippen LogP contribution in [0.2, 0.25) is 5.02 Å². The van der Waals surface area contributed by atoms with E-state index in [1.165, 1.54) is 6.07 Å². The van der Waals surface area contributed by atoms with E-state index < -0.39 is 5.97 Å². The maximum Gasteiger partial charge on any atom is 0.337 e. The van der Waals surface area contributed by atoms with Crippen molar-refractivity contribution in [3.05, 3.63) is 28.8 Å². The Morgan fingerprint density at radius 3 is 2.61 bits per heavy atom. The molecule has 1 atom stereocenters. The van der Waals surface area contributed by atoms with Crippen LogP contribution in [0.4, 0.5) is 5.69 Å². The summed E-state index contributed by atoms with van der Waals surface area (Å²) in [5.41, 5.74) is 0.671. The van der Waals surface area contributed by atoms with E-state index in [1.54, 1.807) is 12.1 Å². The SMILES string of the molecule is CC(C)C(CCO)Nc1ccc(Cl)cc1C(=O)O. The molecule has 4 nitrogen and oxygen atoms in total. The molecule has 0 saturated heterocycles. The molecule has 0 fully saturated rings. The Bertz CT molecular complexity index is 421. The molecular formula is C13H18ClNO3. The van der Waals surface area contributed by atoms with Gasteiger partial charge in [-0.15, -0.1) is 0 Å². The summed E-state index contributed by atoms with van der Waals surface area (Å²) in [6, 6.07) is 4.74. The van der Waals surface area contributed by atoms with Crippen LogP contribution < -0.4 is 5.32 Å². The zero-order chi connectivity index (χ0) is 13.7. The van der Waals surface area contributed by atoms with Crippen LogP contribution in [0.25, 0.3) is 0 Å². The average molecular weight is 272 g/mol. The van der Waals surface area contributed by atoms with Gasteiger partial charge >= 0.3 is 5.97 Å². The van der Waals surface area contributed by atoms with Gasteiger partial charge in [0, 0.05) is 23.4 Å². The standard InChI is InChI=1S/C13H18ClNO3/c1-8(2)11(5-6-16)15-12-4-3-9(14)7-10(12)13(17)18/h3-4,7-8,11,15-16H,5-6H2,1-2H3,(H,17,18). The molecule has 0 aromatic heterocycles. The summed E-state index contributed by atoms with van der Waals surface area (Å²) in [7, 11) is 0. The van der Waals surface area contributed by atoms with Crippen molar-refractivity contribution >= 4 is 23.3 Å². The number of carboxylic acid groups (broad SMARTS) is 1. The number of carboxylic acids is 1. The molecule has 5 heteroatoms. The van der Waals surface area contributed by atoms with E-state index in [1.807, 2.05) is 13.8 Å². The van der Waals surface area contributed by atoms with E-state index in [-0.39, 0.29) is 24.1 Å². The van der Waals surface area contributed by atoms with Crippen molar-refractivity contribution in [1.82, 2.24) is 0 Å². The normalized spacial score (nSPS) is 12.5. The summed E-state index contributed by atoms with van der Waals surface area (Å²) in [6.45, 7) is 4.10. The molecule has 1 aromatic carbocycles. The first-order chi connectivity index (χ1) is 8.45. The first-order valence-corrected chi connectivity index (χ1v) is 6.23. The van der Waals surface area contributed by atoms with E-state index in [0.29, 0.717) is 17.1 Å². The second-order valence-corrected chi connectivity index (χ2v) is 4.94.